The van der Waals surface area contributed by atoms with Gasteiger partial charge in [0.05, 0.1) is 46.9 Å². The number of aliphatic hydroxyl groups excluding tert-OH is 4. The van der Waals surface area contributed by atoms with Crippen molar-refractivity contribution in [2.75, 3.05) is 43.5 Å². The van der Waals surface area contributed by atoms with Gasteiger partial charge in [-0.3, -0.25) is 9.78 Å². The van der Waals surface area contributed by atoms with Gasteiger partial charge in [-0.15, -0.1) is 0 Å². The van der Waals surface area contributed by atoms with Gasteiger partial charge in [0, 0.05) is 42.5 Å². The summed E-state index contributed by atoms with van der Waals surface area (Å²) < 4.78 is 33.2. The normalized spacial score (nSPS) is 14.2. The van der Waals surface area contributed by atoms with Gasteiger partial charge in [-0.05, 0) is 31.2 Å². The van der Waals surface area contributed by atoms with Crippen molar-refractivity contribution in [1.82, 2.24) is 10.3 Å². The highest BCUT2D eigenvalue weighted by molar-refractivity contribution is 6.31. The van der Waals surface area contributed by atoms with Crippen LogP contribution in [0.25, 0.3) is 10.9 Å². The third-order valence-electron chi connectivity index (χ3n) is 6.27. The number of anilines is 3. The van der Waals surface area contributed by atoms with E-state index in [0.29, 0.717) is 46.5 Å². The number of alkyl halides is 1. The fourth-order valence-electron chi connectivity index (χ4n) is 3.94. The summed E-state index contributed by atoms with van der Waals surface area (Å²) in [5.41, 5.74) is 1.79. The molecule has 0 aliphatic heterocycles. The van der Waals surface area contributed by atoms with Crippen molar-refractivity contribution in [2.45, 2.75) is 31.4 Å². The van der Waals surface area contributed by atoms with Gasteiger partial charge in [0.25, 0.3) is 0 Å². The van der Waals surface area contributed by atoms with Crippen molar-refractivity contribution < 1.29 is 43.6 Å². The van der Waals surface area contributed by atoms with Crippen molar-refractivity contribution in [3.8, 4) is 11.8 Å². The molecule has 7 N–H and O–H groups in total. The Morgan fingerprint density at radius 2 is 2.02 bits per heavy atom. The minimum atomic E-state index is -2.14. The van der Waals surface area contributed by atoms with Gasteiger partial charge in [-0.2, -0.15) is 5.26 Å². The molecule has 13 nitrogen and oxygen atoms in total. The predicted molar refractivity (Wildman–Crippen MR) is 167 cm³/mol. The summed E-state index contributed by atoms with van der Waals surface area (Å²) in [6.45, 7) is 1.76. The van der Waals surface area contributed by atoms with Gasteiger partial charge in [0.2, 0.25) is 5.91 Å². The van der Waals surface area contributed by atoms with Crippen LogP contribution in [0.2, 0.25) is 5.02 Å². The van der Waals surface area contributed by atoms with E-state index >= 15 is 0 Å². The van der Waals surface area contributed by atoms with E-state index in [4.69, 9.17) is 26.3 Å². The Morgan fingerprint density at radius 3 is 2.72 bits per heavy atom. The van der Waals surface area contributed by atoms with E-state index in [2.05, 4.69) is 32.2 Å². The van der Waals surface area contributed by atoms with E-state index in [-0.39, 0.29) is 30.3 Å². The number of halogens is 3. The smallest absolute Gasteiger partial charge is 0.248 e. The van der Waals surface area contributed by atoms with Crippen LogP contribution in [0.3, 0.4) is 0 Å². The lowest BCUT2D eigenvalue weighted by molar-refractivity contribution is -0.111. The second kappa shape index (κ2) is 17.9. The molecule has 0 saturated carbocycles. The number of fused-ring (bicyclic) bond motifs is 1. The molecule has 0 aliphatic rings. The number of carbonyl (C=O) groups excluding carboxylic acids is 1. The number of hydrogen-bond donors (Lipinski definition) is 7. The predicted octanol–water partition coefficient (Wildman–Crippen LogP) is 2.54. The SMILES string of the molecule is CCOc1cc2ncc(C#N)c(Nc3ccc(F)c(Cl)c3)c2cc1NC(=O)C=CCNCCON=CC(F)C(O)C(O)C(O)CO. The average Bonchev–Trinajstić information content (AvgIpc) is 3.05. The van der Waals surface area contributed by atoms with Crippen LogP contribution < -0.4 is 20.7 Å². The molecule has 0 aliphatic carbocycles. The highest BCUT2D eigenvalue weighted by Gasteiger charge is 2.30. The van der Waals surface area contributed by atoms with Gasteiger partial charge in [-0.1, -0.05) is 22.8 Å². The van der Waals surface area contributed by atoms with Crippen LogP contribution in [-0.2, 0) is 9.63 Å². The summed E-state index contributed by atoms with van der Waals surface area (Å²) in [5.74, 6) is -0.722. The number of aromatic nitrogens is 1. The van der Waals surface area contributed by atoms with Crippen molar-refractivity contribution in [3.05, 3.63) is 65.1 Å². The van der Waals surface area contributed by atoms with E-state index in [1.807, 2.05) is 0 Å². The maximum Gasteiger partial charge on any atom is 0.248 e. The Bertz CT molecular complexity index is 1590. The third kappa shape index (κ3) is 10.0. The first kappa shape index (κ1) is 36.0. The van der Waals surface area contributed by atoms with E-state index in [1.165, 1.54) is 30.5 Å². The van der Waals surface area contributed by atoms with Crippen LogP contribution in [0.15, 0.2) is 53.8 Å². The number of carbonyl (C=O) groups is 1. The molecule has 0 spiro atoms. The molecule has 0 radical (unpaired) electrons. The number of oxime groups is 1. The Balaban J connectivity index is 1.60. The van der Waals surface area contributed by atoms with Gasteiger partial charge in [0.1, 0.15) is 42.6 Å². The van der Waals surface area contributed by atoms with Gasteiger partial charge < -0.3 is 46.0 Å². The van der Waals surface area contributed by atoms with E-state index < -0.39 is 42.8 Å². The van der Waals surface area contributed by atoms with Crippen molar-refractivity contribution in [1.29, 1.82) is 5.26 Å². The fourth-order valence-corrected chi connectivity index (χ4v) is 4.12. The maximum atomic E-state index is 13.8. The molecule has 0 fully saturated rings. The summed E-state index contributed by atoms with van der Waals surface area (Å²) in [7, 11) is 0. The standard InChI is InChI=1S/C30H33ClF2N6O7/c1-2-45-26-12-23-19(28(17(13-34)14-36-23)38-18-5-6-21(32)20(31)10-18)11-24(26)39-27(42)4-3-7-35-8-9-46-37-15-22(33)29(43)30(44)25(41)16-40/h3-6,10-12,14-15,22,25,29-30,35,40-41,43-44H,2,7-9,16H2,1H3,(H,36,38)(H,39,42). The van der Waals surface area contributed by atoms with Crippen LogP contribution in [0.4, 0.5) is 25.8 Å². The molecule has 1 aromatic heterocycles. The third-order valence-corrected chi connectivity index (χ3v) is 6.56. The van der Waals surface area contributed by atoms with Crippen LogP contribution in [0.1, 0.15) is 12.5 Å². The molecule has 1 amide bonds. The number of amides is 1. The molecular formula is C30H33ClF2N6O7. The fraction of sp³-hybridized carbons (Fsp3) is 0.333. The summed E-state index contributed by atoms with van der Waals surface area (Å²) in [6.07, 6.45) is -2.93. The number of nitriles is 1. The van der Waals surface area contributed by atoms with Crippen LogP contribution >= 0.6 is 11.6 Å². The second-order valence-electron chi connectivity index (χ2n) is 9.57. The lowest BCUT2D eigenvalue weighted by Crippen LogP contribution is -2.44. The molecule has 0 saturated heterocycles. The second-order valence-corrected chi connectivity index (χ2v) is 9.98. The minimum absolute atomic E-state index is 0.00912. The number of aliphatic hydroxyl groups is 4. The summed E-state index contributed by atoms with van der Waals surface area (Å²) >= 11 is 5.92. The maximum absolute atomic E-state index is 13.8. The number of ether oxygens (including phenoxy) is 1. The van der Waals surface area contributed by atoms with E-state index in [0.717, 1.165) is 0 Å². The highest BCUT2D eigenvalue weighted by atomic mass is 35.5. The van der Waals surface area contributed by atoms with Crippen molar-refractivity contribution in [3.63, 3.8) is 0 Å². The molecule has 2 aromatic carbocycles. The minimum Gasteiger partial charge on any atom is -0.492 e. The number of pyridine rings is 1. The number of nitrogens with zero attached hydrogens (tertiary/aromatic N) is 3. The van der Waals surface area contributed by atoms with Crippen LogP contribution in [0.5, 0.6) is 5.75 Å². The van der Waals surface area contributed by atoms with Gasteiger partial charge in [0.15, 0.2) is 6.17 Å². The largest absolute Gasteiger partial charge is 0.492 e. The topological polar surface area (TPSA) is 202 Å². The summed E-state index contributed by atoms with van der Waals surface area (Å²) in [5, 5.41) is 59.3. The molecule has 1 heterocycles. The Kier molecular flexibility index (Phi) is 14.0. The lowest BCUT2D eigenvalue weighted by atomic mass is 10.1. The molecule has 46 heavy (non-hydrogen) atoms. The Hall–Kier alpha value is -4.43. The molecule has 246 valence electrons. The zero-order chi connectivity index (χ0) is 33.6. The number of rotatable bonds is 17. The number of benzene rings is 2. The van der Waals surface area contributed by atoms with Gasteiger partial charge >= 0.3 is 0 Å². The van der Waals surface area contributed by atoms with Crippen molar-refractivity contribution in [2.24, 2.45) is 5.16 Å². The average molecular weight is 663 g/mol. The first-order chi connectivity index (χ1) is 22.1. The molecule has 3 rings (SSSR count). The van der Waals surface area contributed by atoms with Crippen LogP contribution in [-0.4, -0.2) is 94.9 Å². The number of hydrogen-bond acceptors (Lipinski definition) is 12. The Morgan fingerprint density at radius 1 is 1.24 bits per heavy atom. The molecule has 4 unspecified atom stereocenters. The highest BCUT2D eigenvalue weighted by Crippen LogP contribution is 2.36. The summed E-state index contributed by atoms with van der Waals surface area (Å²) in [4.78, 5) is 21.9. The molecule has 0 bridgehead atoms. The lowest BCUT2D eigenvalue weighted by Gasteiger charge is -2.22. The first-order valence-electron chi connectivity index (χ1n) is 13.9. The first-order valence-corrected chi connectivity index (χ1v) is 14.3. The summed E-state index contributed by atoms with van der Waals surface area (Å²) in [6, 6.07) is 9.35. The van der Waals surface area contributed by atoms with Crippen molar-refractivity contribution >= 4 is 51.7 Å². The monoisotopic (exact) mass is 662 g/mol. The number of nitrogens with one attached hydrogen (secondary N) is 3. The molecule has 16 heteroatoms. The molecular weight excluding hydrogens is 630 g/mol. The molecule has 3 aromatic rings. The zero-order valence-electron chi connectivity index (χ0n) is 24.5. The van der Waals surface area contributed by atoms with Crippen LogP contribution in [0, 0.1) is 17.1 Å². The zero-order valence-corrected chi connectivity index (χ0v) is 25.3. The quantitative estimate of drug-likeness (QED) is 0.0485. The van der Waals surface area contributed by atoms with Gasteiger partial charge in [-0.25, -0.2) is 8.78 Å². The molecule has 4 atom stereocenters. The van der Waals surface area contributed by atoms with E-state index in [9.17, 15) is 34.2 Å². The van der Waals surface area contributed by atoms with E-state index in [1.54, 1.807) is 25.1 Å². The Labute approximate surface area is 267 Å².